The molecule has 0 saturated carbocycles. The van der Waals surface area contributed by atoms with Gasteiger partial charge in [0.05, 0.1) is 16.8 Å². The number of benzene rings is 1. The first-order valence-corrected chi connectivity index (χ1v) is 6.94. The molecule has 2 aromatic rings. The van der Waals surface area contributed by atoms with Crippen LogP contribution >= 0.6 is 11.8 Å². The van der Waals surface area contributed by atoms with Crippen molar-refractivity contribution in [2.24, 2.45) is 0 Å². The second-order valence-electron chi connectivity index (χ2n) is 4.82. The van der Waals surface area contributed by atoms with Gasteiger partial charge >= 0.3 is 0 Å². The smallest absolute Gasteiger partial charge is 0.140 e. The van der Waals surface area contributed by atoms with Gasteiger partial charge in [0.2, 0.25) is 0 Å². The molecule has 4 heteroatoms. The van der Waals surface area contributed by atoms with Gasteiger partial charge in [-0.2, -0.15) is 5.10 Å². The summed E-state index contributed by atoms with van der Waals surface area (Å²) < 4.78 is 1.81. The Bertz CT molecular complexity index is 538. The summed E-state index contributed by atoms with van der Waals surface area (Å²) in [5.74, 6) is 0.721. The molecule has 1 aromatic heterocycles. The molecule has 96 valence electrons. The summed E-state index contributed by atoms with van der Waals surface area (Å²) in [7, 11) is 0. The maximum Gasteiger partial charge on any atom is 0.140 e. The van der Waals surface area contributed by atoms with E-state index in [1.807, 2.05) is 10.9 Å². The van der Waals surface area contributed by atoms with Crippen molar-refractivity contribution in [3.63, 3.8) is 0 Å². The average molecular weight is 261 g/mol. The molecule has 0 unspecified atom stereocenters. The van der Waals surface area contributed by atoms with Crippen LogP contribution in [0.1, 0.15) is 25.0 Å². The number of hydrogen-bond acceptors (Lipinski definition) is 3. The third-order valence-corrected chi connectivity index (χ3v) is 3.62. The van der Waals surface area contributed by atoms with Crippen molar-refractivity contribution in [3.8, 4) is 5.69 Å². The molecular weight excluding hydrogens is 242 g/mol. The highest BCUT2D eigenvalue weighted by Crippen LogP contribution is 2.30. The quantitative estimate of drug-likeness (QED) is 0.859. The molecule has 2 N–H and O–H groups in total. The Kier molecular flexibility index (Phi) is 3.66. The van der Waals surface area contributed by atoms with Gasteiger partial charge in [0.1, 0.15) is 5.82 Å². The summed E-state index contributed by atoms with van der Waals surface area (Å²) >= 11 is 1.74. The molecule has 0 atom stereocenters. The van der Waals surface area contributed by atoms with Crippen LogP contribution in [0.5, 0.6) is 0 Å². The lowest BCUT2D eigenvalue weighted by atomic mass is 10.1. The predicted octanol–water partition coefficient (Wildman–Crippen LogP) is 3.57. The van der Waals surface area contributed by atoms with E-state index in [1.165, 1.54) is 11.1 Å². The molecule has 0 aliphatic rings. The lowest BCUT2D eigenvalue weighted by Crippen LogP contribution is -2.03. The van der Waals surface area contributed by atoms with Gasteiger partial charge in [-0.3, -0.25) is 0 Å². The summed E-state index contributed by atoms with van der Waals surface area (Å²) in [4.78, 5) is 1.05. The highest BCUT2D eigenvalue weighted by Gasteiger charge is 2.11. The van der Waals surface area contributed by atoms with Crippen LogP contribution in [0.4, 0.5) is 5.82 Å². The fraction of sp³-hybridized carbons (Fsp3) is 0.357. The van der Waals surface area contributed by atoms with Gasteiger partial charge in [0.15, 0.2) is 0 Å². The highest BCUT2D eigenvalue weighted by atomic mass is 32.2. The van der Waals surface area contributed by atoms with Crippen molar-refractivity contribution in [2.75, 3.05) is 5.73 Å². The molecule has 0 aliphatic heterocycles. The minimum absolute atomic E-state index is 0.504. The third-order valence-electron chi connectivity index (χ3n) is 2.58. The van der Waals surface area contributed by atoms with Crippen LogP contribution in [0.2, 0.25) is 0 Å². The number of aryl methyl sites for hydroxylation is 2. The Hall–Kier alpha value is -1.42. The minimum Gasteiger partial charge on any atom is -0.383 e. The van der Waals surface area contributed by atoms with Gasteiger partial charge in [0.25, 0.3) is 0 Å². The molecule has 1 heterocycles. The minimum atomic E-state index is 0.504. The highest BCUT2D eigenvalue weighted by molar-refractivity contribution is 8.00. The summed E-state index contributed by atoms with van der Waals surface area (Å²) in [6, 6.07) is 6.34. The number of nitrogens with zero attached hydrogens (tertiary/aromatic N) is 2. The maximum absolute atomic E-state index is 6.16. The molecule has 0 amide bonds. The Morgan fingerprint density at radius 1 is 1.17 bits per heavy atom. The third kappa shape index (κ3) is 2.70. The number of nitrogens with two attached hydrogens (primary N) is 1. The summed E-state index contributed by atoms with van der Waals surface area (Å²) in [6.07, 6.45) is 1.84. The van der Waals surface area contributed by atoms with Crippen LogP contribution in [-0.4, -0.2) is 15.0 Å². The van der Waals surface area contributed by atoms with E-state index in [0.29, 0.717) is 5.25 Å². The van der Waals surface area contributed by atoms with Gasteiger partial charge < -0.3 is 5.73 Å². The van der Waals surface area contributed by atoms with Gasteiger partial charge in [-0.05, 0) is 37.1 Å². The zero-order valence-corrected chi connectivity index (χ0v) is 12.1. The number of nitrogen functional groups attached to an aromatic ring is 1. The Morgan fingerprint density at radius 2 is 1.78 bits per heavy atom. The number of anilines is 1. The summed E-state index contributed by atoms with van der Waals surface area (Å²) in [5.41, 5.74) is 9.63. The molecule has 0 spiro atoms. The summed E-state index contributed by atoms with van der Waals surface area (Å²) in [6.45, 7) is 8.47. The van der Waals surface area contributed by atoms with Crippen LogP contribution in [0, 0.1) is 13.8 Å². The van der Waals surface area contributed by atoms with E-state index in [-0.39, 0.29) is 0 Å². The fourth-order valence-corrected chi connectivity index (χ4v) is 2.79. The Morgan fingerprint density at radius 3 is 2.33 bits per heavy atom. The first-order valence-electron chi connectivity index (χ1n) is 6.06. The normalized spacial score (nSPS) is 11.2. The van der Waals surface area contributed by atoms with Crippen LogP contribution in [0.3, 0.4) is 0 Å². The molecule has 18 heavy (non-hydrogen) atoms. The van der Waals surface area contributed by atoms with Crippen molar-refractivity contribution in [2.45, 2.75) is 37.8 Å². The monoisotopic (exact) mass is 261 g/mol. The van der Waals surface area contributed by atoms with Gasteiger partial charge in [-0.15, -0.1) is 11.8 Å². The molecule has 0 saturated heterocycles. The van der Waals surface area contributed by atoms with Gasteiger partial charge in [-0.25, -0.2) is 4.68 Å². The Labute approximate surface area is 112 Å². The zero-order valence-electron chi connectivity index (χ0n) is 11.3. The fourth-order valence-electron chi connectivity index (χ4n) is 1.97. The number of hydrogen-bond donors (Lipinski definition) is 1. The second kappa shape index (κ2) is 5.06. The van der Waals surface area contributed by atoms with Gasteiger partial charge in [0, 0.05) is 5.25 Å². The van der Waals surface area contributed by atoms with E-state index in [4.69, 9.17) is 5.73 Å². The van der Waals surface area contributed by atoms with Crippen molar-refractivity contribution < 1.29 is 0 Å². The molecule has 0 radical (unpaired) electrons. The molecular formula is C14H19N3S. The first-order chi connectivity index (χ1) is 8.47. The van der Waals surface area contributed by atoms with Gasteiger partial charge in [-0.1, -0.05) is 19.9 Å². The van der Waals surface area contributed by atoms with Crippen LogP contribution in [-0.2, 0) is 0 Å². The maximum atomic E-state index is 6.16. The van der Waals surface area contributed by atoms with Crippen LogP contribution in [0.15, 0.2) is 29.3 Å². The van der Waals surface area contributed by atoms with Crippen molar-refractivity contribution >= 4 is 17.6 Å². The standard InChI is InChI=1S/C14H19N3S/c1-9(2)18-13-8-16-17(14(13)15)12-6-10(3)5-11(4)7-12/h5-9H,15H2,1-4H3. The molecule has 1 aromatic carbocycles. The van der Waals surface area contributed by atoms with E-state index in [9.17, 15) is 0 Å². The molecule has 0 fully saturated rings. The zero-order chi connectivity index (χ0) is 13.3. The van der Waals surface area contributed by atoms with E-state index >= 15 is 0 Å². The number of rotatable bonds is 3. The Balaban J connectivity index is 2.42. The van der Waals surface area contributed by atoms with E-state index in [0.717, 1.165) is 16.4 Å². The second-order valence-corrected chi connectivity index (χ2v) is 6.44. The predicted molar refractivity (Wildman–Crippen MR) is 78.4 cm³/mol. The first kappa shape index (κ1) is 13.0. The SMILES string of the molecule is Cc1cc(C)cc(-n2ncc(SC(C)C)c2N)c1. The van der Waals surface area contributed by atoms with E-state index in [2.05, 4.69) is 51.0 Å². The van der Waals surface area contributed by atoms with Crippen molar-refractivity contribution in [1.29, 1.82) is 0 Å². The average Bonchev–Trinajstić information content (AvgIpc) is 2.58. The van der Waals surface area contributed by atoms with Crippen molar-refractivity contribution in [1.82, 2.24) is 9.78 Å². The molecule has 3 nitrogen and oxygen atoms in total. The summed E-state index contributed by atoms with van der Waals surface area (Å²) in [5, 5.41) is 4.90. The lowest BCUT2D eigenvalue weighted by Gasteiger charge is -2.08. The van der Waals surface area contributed by atoms with Crippen LogP contribution in [0.25, 0.3) is 5.69 Å². The number of aromatic nitrogens is 2. The van der Waals surface area contributed by atoms with E-state index < -0.39 is 0 Å². The van der Waals surface area contributed by atoms with Crippen molar-refractivity contribution in [3.05, 3.63) is 35.5 Å². The largest absolute Gasteiger partial charge is 0.383 e. The topological polar surface area (TPSA) is 43.8 Å². The molecule has 2 rings (SSSR count). The number of thioether (sulfide) groups is 1. The molecule has 0 aliphatic carbocycles. The van der Waals surface area contributed by atoms with Crippen LogP contribution < -0.4 is 5.73 Å². The lowest BCUT2D eigenvalue weighted by molar-refractivity contribution is 0.888. The molecule has 0 bridgehead atoms. The van der Waals surface area contributed by atoms with E-state index in [1.54, 1.807) is 11.8 Å².